The topological polar surface area (TPSA) is 68.6 Å². The van der Waals surface area contributed by atoms with Gasteiger partial charge in [-0.3, -0.25) is 14.4 Å². The average Bonchev–Trinajstić information content (AvgIpc) is 3.17. The molecule has 1 aromatic carbocycles. The molecule has 1 aliphatic heterocycles. The van der Waals surface area contributed by atoms with E-state index in [0.29, 0.717) is 18.0 Å². The molecule has 1 N–H and O–H groups in total. The van der Waals surface area contributed by atoms with Crippen molar-refractivity contribution in [3.8, 4) is 11.5 Å². The third-order valence-electron chi connectivity index (χ3n) is 4.88. The van der Waals surface area contributed by atoms with Gasteiger partial charge in [-0.25, -0.2) is 0 Å². The van der Waals surface area contributed by atoms with Gasteiger partial charge < -0.3 is 14.8 Å². The Balaban J connectivity index is 1.77. The van der Waals surface area contributed by atoms with E-state index < -0.39 is 6.04 Å². The molecule has 0 bridgehead atoms. The minimum atomic E-state index is -0.416. The SMILES string of the molecule is Cc1nn(C(C)C)c(C)c1CNC(=O)C(c1ccc2c(c1)OCO2)N(C)C. The number of aromatic nitrogens is 2. The molecular weight excluding hydrogens is 344 g/mol. The van der Waals surface area contributed by atoms with Gasteiger partial charge >= 0.3 is 0 Å². The fourth-order valence-corrected chi connectivity index (χ4v) is 3.50. The second-order valence-corrected chi connectivity index (χ2v) is 7.38. The summed E-state index contributed by atoms with van der Waals surface area (Å²) in [5.74, 6) is 1.33. The largest absolute Gasteiger partial charge is 0.454 e. The normalized spacial score (nSPS) is 14.1. The van der Waals surface area contributed by atoms with E-state index in [2.05, 4.69) is 24.3 Å². The van der Waals surface area contributed by atoms with Gasteiger partial charge in [-0.05, 0) is 59.5 Å². The van der Waals surface area contributed by atoms with Gasteiger partial charge in [0.1, 0.15) is 6.04 Å². The molecule has 2 aromatic rings. The average molecular weight is 372 g/mol. The van der Waals surface area contributed by atoms with E-state index in [9.17, 15) is 4.79 Å². The highest BCUT2D eigenvalue weighted by molar-refractivity contribution is 5.83. The van der Waals surface area contributed by atoms with Crippen molar-refractivity contribution in [2.45, 2.75) is 46.3 Å². The van der Waals surface area contributed by atoms with Gasteiger partial charge in [0.05, 0.1) is 5.69 Å². The summed E-state index contributed by atoms with van der Waals surface area (Å²) in [5.41, 5.74) is 3.98. The third kappa shape index (κ3) is 3.78. The first kappa shape index (κ1) is 19.2. The van der Waals surface area contributed by atoms with Crippen LogP contribution in [0.1, 0.15) is 48.4 Å². The van der Waals surface area contributed by atoms with Gasteiger partial charge in [-0.1, -0.05) is 6.07 Å². The van der Waals surface area contributed by atoms with Crippen LogP contribution in [0.3, 0.4) is 0 Å². The Morgan fingerprint density at radius 2 is 1.96 bits per heavy atom. The lowest BCUT2D eigenvalue weighted by Gasteiger charge is -2.24. The van der Waals surface area contributed by atoms with Crippen LogP contribution in [0, 0.1) is 13.8 Å². The molecule has 0 spiro atoms. The van der Waals surface area contributed by atoms with Crippen LogP contribution < -0.4 is 14.8 Å². The molecule has 1 atom stereocenters. The number of ether oxygens (including phenoxy) is 2. The fraction of sp³-hybridized carbons (Fsp3) is 0.500. The Morgan fingerprint density at radius 1 is 1.26 bits per heavy atom. The van der Waals surface area contributed by atoms with Gasteiger partial charge in [0.25, 0.3) is 0 Å². The standard InChI is InChI=1S/C20H28N4O3/c1-12(2)24-14(4)16(13(3)22-24)10-21-20(25)19(23(5)6)15-7-8-17-18(9-15)27-11-26-17/h7-9,12,19H,10-11H2,1-6H3,(H,21,25). The molecule has 1 unspecified atom stereocenters. The number of carbonyl (C=O) groups is 1. The van der Waals surface area contributed by atoms with E-state index in [1.54, 1.807) is 0 Å². The Hall–Kier alpha value is -2.54. The van der Waals surface area contributed by atoms with E-state index in [0.717, 1.165) is 22.5 Å². The van der Waals surface area contributed by atoms with E-state index in [4.69, 9.17) is 9.47 Å². The van der Waals surface area contributed by atoms with Crippen molar-refractivity contribution in [2.75, 3.05) is 20.9 Å². The zero-order valence-electron chi connectivity index (χ0n) is 16.9. The van der Waals surface area contributed by atoms with Crippen molar-refractivity contribution in [2.24, 2.45) is 0 Å². The molecule has 1 amide bonds. The number of rotatable bonds is 6. The summed E-state index contributed by atoms with van der Waals surface area (Å²) in [6.45, 7) is 8.90. The summed E-state index contributed by atoms with van der Waals surface area (Å²) in [6.07, 6.45) is 0. The molecule has 0 aliphatic carbocycles. The van der Waals surface area contributed by atoms with Crippen molar-refractivity contribution in [1.82, 2.24) is 20.0 Å². The van der Waals surface area contributed by atoms with Crippen molar-refractivity contribution in [3.63, 3.8) is 0 Å². The van der Waals surface area contributed by atoms with E-state index in [1.807, 2.05) is 55.7 Å². The minimum absolute atomic E-state index is 0.0602. The first-order chi connectivity index (χ1) is 12.8. The van der Waals surface area contributed by atoms with Crippen LogP contribution >= 0.6 is 0 Å². The maximum Gasteiger partial charge on any atom is 0.242 e. The Bertz CT molecular complexity index is 842. The molecule has 0 fully saturated rings. The molecule has 7 nitrogen and oxygen atoms in total. The molecule has 0 saturated heterocycles. The lowest BCUT2D eigenvalue weighted by Crippen LogP contribution is -2.36. The highest BCUT2D eigenvalue weighted by Crippen LogP contribution is 2.35. The summed E-state index contributed by atoms with van der Waals surface area (Å²) in [5, 5.41) is 7.66. The van der Waals surface area contributed by atoms with Crippen molar-refractivity contribution >= 4 is 5.91 Å². The zero-order chi connectivity index (χ0) is 19.7. The molecule has 1 aliphatic rings. The molecule has 1 aromatic heterocycles. The molecule has 2 heterocycles. The van der Waals surface area contributed by atoms with Crippen LogP contribution in [0.25, 0.3) is 0 Å². The van der Waals surface area contributed by atoms with Gasteiger partial charge in [0.15, 0.2) is 11.5 Å². The summed E-state index contributed by atoms with van der Waals surface area (Å²) < 4.78 is 12.8. The van der Waals surface area contributed by atoms with E-state index in [1.165, 1.54) is 0 Å². The molecule has 0 radical (unpaired) electrons. The number of fused-ring (bicyclic) bond motifs is 1. The van der Waals surface area contributed by atoms with Gasteiger partial charge in [0, 0.05) is 23.8 Å². The molecule has 3 rings (SSSR count). The number of nitrogens with zero attached hydrogens (tertiary/aromatic N) is 3. The zero-order valence-corrected chi connectivity index (χ0v) is 16.9. The Kier molecular flexibility index (Phi) is 5.41. The van der Waals surface area contributed by atoms with E-state index >= 15 is 0 Å². The van der Waals surface area contributed by atoms with E-state index in [-0.39, 0.29) is 18.7 Å². The quantitative estimate of drug-likeness (QED) is 0.844. The second kappa shape index (κ2) is 7.60. The van der Waals surface area contributed by atoms with Crippen molar-refractivity contribution in [3.05, 3.63) is 40.7 Å². The van der Waals surface area contributed by atoms with Crippen LogP contribution in [0.15, 0.2) is 18.2 Å². The number of hydrogen-bond donors (Lipinski definition) is 1. The van der Waals surface area contributed by atoms with Crippen LogP contribution in [-0.2, 0) is 11.3 Å². The first-order valence-electron chi connectivity index (χ1n) is 9.17. The van der Waals surface area contributed by atoms with Gasteiger partial charge in [0.2, 0.25) is 12.7 Å². The van der Waals surface area contributed by atoms with Crippen LogP contribution in [0.2, 0.25) is 0 Å². The molecule has 7 heteroatoms. The highest BCUT2D eigenvalue weighted by Gasteiger charge is 2.26. The Labute approximate surface area is 160 Å². The van der Waals surface area contributed by atoms with Crippen LogP contribution in [0.5, 0.6) is 11.5 Å². The predicted molar refractivity (Wildman–Crippen MR) is 103 cm³/mol. The summed E-state index contributed by atoms with van der Waals surface area (Å²) in [7, 11) is 3.78. The molecular formula is C20H28N4O3. The fourth-order valence-electron chi connectivity index (χ4n) is 3.50. The maximum absolute atomic E-state index is 13.0. The lowest BCUT2D eigenvalue weighted by molar-refractivity contribution is -0.125. The monoisotopic (exact) mass is 372 g/mol. The third-order valence-corrected chi connectivity index (χ3v) is 4.88. The maximum atomic E-state index is 13.0. The minimum Gasteiger partial charge on any atom is -0.454 e. The van der Waals surface area contributed by atoms with Crippen molar-refractivity contribution in [1.29, 1.82) is 0 Å². The van der Waals surface area contributed by atoms with Crippen LogP contribution in [-0.4, -0.2) is 41.5 Å². The number of carbonyl (C=O) groups excluding carboxylic acids is 1. The number of hydrogen-bond acceptors (Lipinski definition) is 5. The second-order valence-electron chi connectivity index (χ2n) is 7.38. The number of amides is 1. The number of nitrogens with one attached hydrogen (secondary N) is 1. The number of benzene rings is 1. The molecule has 146 valence electrons. The first-order valence-corrected chi connectivity index (χ1v) is 9.17. The lowest BCUT2D eigenvalue weighted by atomic mass is 10.0. The number of aryl methyl sites for hydroxylation is 1. The smallest absolute Gasteiger partial charge is 0.242 e. The van der Waals surface area contributed by atoms with Gasteiger partial charge in [-0.2, -0.15) is 5.10 Å². The summed E-state index contributed by atoms with van der Waals surface area (Å²) in [4.78, 5) is 14.9. The molecule has 0 saturated carbocycles. The predicted octanol–water partition coefficient (Wildman–Crippen LogP) is 2.73. The molecule has 27 heavy (non-hydrogen) atoms. The van der Waals surface area contributed by atoms with Crippen molar-refractivity contribution < 1.29 is 14.3 Å². The van der Waals surface area contributed by atoms with Crippen LogP contribution in [0.4, 0.5) is 0 Å². The Morgan fingerprint density at radius 3 is 2.59 bits per heavy atom. The van der Waals surface area contributed by atoms with Gasteiger partial charge in [-0.15, -0.1) is 0 Å². The highest BCUT2D eigenvalue weighted by atomic mass is 16.7. The number of likely N-dealkylation sites (N-methyl/N-ethyl adjacent to an activating group) is 1. The summed E-state index contributed by atoms with van der Waals surface area (Å²) >= 11 is 0. The summed E-state index contributed by atoms with van der Waals surface area (Å²) in [6, 6.07) is 5.50.